The molecule has 3 fully saturated rings. The van der Waals surface area contributed by atoms with Crippen LogP contribution >= 0.6 is 0 Å². The van der Waals surface area contributed by atoms with E-state index in [9.17, 15) is 15.3 Å². The Kier molecular flexibility index (Phi) is 2.99. The van der Waals surface area contributed by atoms with Crippen molar-refractivity contribution in [2.24, 2.45) is 11.8 Å². The summed E-state index contributed by atoms with van der Waals surface area (Å²) >= 11 is 0. The lowest BCUT2D eigenvalue weighted by molar-refractivity contribution is -0.200. The lowest BCUT2D eigenvalue weighted by Gasteiger charge is -2.64. The molecule has 1 saturated heterocycles. The first kappa shape index (κ1) is 15.7. The van der Waals surface area contributed by atoms with Gasteiger partial charge in [0.1, 0.15) is 6.10 Å². The molecule has 2 aliphatic heterocycles. The molecular formula is C21H27NO4. The molecule has 2 saturated carbocycles. The van der Waals surface area contributed by atoms with Crippen LogP contribution in [0.4, 0.5) is 0 Å². The smallest absolute Gasteiger partial charge is 0.165 e. The van der Waals surface area contributed by atoms with E-state index in [2.05, 4.69) is 4.90 Å². The summed E-state index contributed by atoms with van der Waals surface area (Å²) in [6.07, 6.45) is 5.55. The minimum absolute atomic E-state index is 0.0173. The number of benzene rings is 1. The van der Waals surface area contributed by atoms with Gasteiger partial charge in [-0.1, -0.05) is 6.07 Å². The number of aliphatic hydroxyl groups is 2. The number of hydrogen-bond donors (Lipinski definition) is 3. The molecule has 3 aliphatic carbocycles. The fourth-order valence-electron chi connectivity index (χ4n) is 6.77. The van der Waals surface area contributed by atoms with E-state index in [0.717, 1.165) is 43.8 Å². The van der Waals surface area contributed by atoms with Gasteiger partial charge < -0.3 is 20.1 Å². The topological polar surface area (TPSA) is 73.2 Å². The SMILES string of the molecule is OC[C@H]1CC[C@@]2(O)[C@H]3Cc4ccc(O)c5c4[C@@]2(CCN3CC2CC2)[C@H]1O5. The first-order chi connectivity index (χ1) is 12.6. The van der Waals surface area contributed by atoms with Crippen molar-refractivity contribution in [3.63, 3.8) is 0 Å². The molecule has 5 nitrogen and oxygen atoms in total. The third-order valence-electron chi connectivity index (χ3n) is 8.12. The third kappa shape index (κ3) is 1.68. The molecule has 6 rings (SSSR count). The number of piperidine rings is 1. The molecule has 0 amide bonds. The Labute approximate surface area is 153 Å². The molecule has 1 spiro atoms. The number of nitrogens with zero attached hydrogens (tertiary/aromatic N) is 1. The number of phenols is 1. The highest BCUT2D eigenvalue weighted by atomic mass is 16.5. The summed E-state index contributed by atoms with van der Waals surface area (Å²) < 4.78 is 6.32. The predicted molar refractivity (Wildman–Crippen MR) is 95.4 cm³/mol. The van der Waals surface area contributed by atoms with Crippen LogP contribution in [0.25, 0.3) is 0 Å². The molecule has 0 aromatic heterocycles. The Morgan fingerprint density at radius 2 is 2.04 bits per heavy atom. The van der Waals surface area contributed by atoms with Crippen LogP contribution in [0, 0.1) is 11.8 Å². The van der Waals surface area contributed by atoms with Crippen molar-refractivity contribution >= 4 is 0 Å². The van der Waals surface area contributed by atoms with Crippen LogP contribution in [-0.4, -0.2) is 57.7 Å². The first-order valence-electron chi connectivity index (χ1n) is 10.2. The van der Waals surface area contributed by atoms with Crippen LogP contribution in [-0.2, 0) is 11.8 Å². The van der Waals surface area contributed by atoms with Crippen LogP contribution in [0.1, 0.15) is 43.2 Å². The highest BCUT2D eigenvalue weighted by Crippen LogP contribution is 2.66. The standard InChI is InChI=1S/C21H27NO4/c23-11-14-5-6-21(25)16-9-13-3-4-15(24)18-17(13)20(21,19(14)26-18)7-8-22(16)10-12-1-2-12/h3-4,12,14,16,19,23-25H,1-2,5-11H2/t14-,16-,19+,20+,21-/m1/s1. The normalized spacial score (nSPS) is 43.1. The Bertz CT molecular complexity index is 778. The maximum Gasteiger partial charge on any atom is 0.165 e. The van der Waals surface area contributed by atoms with E-state index in [4.69, 9.17) is 4.74 Å². The highest BCUT2D eigenvalue weighted by molar-refractivity contribution is 5.62. The fourth-order valence-corrected chi connectivity index (χ4v) is 6.77. The van der Waals surface area contributed by atoms with E-state index in [-0.39, 0.29) is 30.4 Å². The number of likely N-dealkylation sites (tertiary alicyclic amines) is 1. The van der Waals surface area contributed by atoms with Crippen molar-refractivity contribution < 1.29 is 20.1 Å². The molecule has 0 radical (unpaired) electrons. The molecule has 2 bridgehead atoms. The van der Waals surface area contributed by atoms with E-state index in [0.29, 0.717) is 12.2 Å². The van der Waals surface area contributed by atoms with E-state index in [1.165, 1.54) is 18.4 Å². The molecule has 1 aromatic rings. The zero-order valence-corrected chi connectivity index (χ0v) is 15.0. The second-order valence-corrected chi connectivity index (χ2v) is 9.27. The van der Waals surface area contributed by atoms with Gasteiger partial charge in [-0.05, 0) is 62.6 Å². The number of ether oxygens (including phenoxy) is 1. The molecule has 5 aliphatic rings. The van der Waals surface area contributed by atoms with Gasteiger partial charge in [0.2, 0.25) is 0 Å². The minimum atomic E-state index is -0.831. The zero-order valence-electron chi connectivity index (χ0n) is 15.0. The van der Waals surface area contributed by atoms with Crippen molar-refractivity contribution in [3.8, 4) is 11.5 Å². The maximum absolute atomic E-state index is 12.1. The molecule has 1 aromatic carbocycles. The lowest BCUT2D eigenvalue weighted by Crippen LogP contribution is -2.76. The summed E-state index contributed by atoms with van der Waals surface area (Å²) in [5.74, 6) is 1.56. The van der Waals surface area contributed by atoms with Crippen LogP contribution in [0.3, 0.4) is 0 Å². The molecule has 0 unspecified atom stereocenters. The average molecular weight is 357 g/mol. The van der Waals surface area contributed by atoms with Gasteiger partial charge in [0, 0.05) is 30.7 Å². The van der Waals surface area contributed by atoms with Crippen molar-refractivity contribution in [2.75, 3.05) is 19.7 Å². The van der Waals surface area contributed by atoms with Crippen molar-refractivity contribution in [1.29, 1.82) is 0 Å². The molecule has 140 valence electrons. The number of rotatable bonds is 3. The van der Waals surface area contributed by atoms with Gasteiger partial charge in [-0.25, -0.2) is 0 Å². The summed E-state index contributed by atoms with van der Waals surface area (Å²) in [7, 11) is 0. The van der Waals surface area contributed by atoms with E-state index >= 15 is 0 Å². The van der Waals surface area contributed by atoms with Gasteiger partial charge in [-0.2, -0.15) is 0 Å². The monoisotopic (exact) mass is 357 g/mol. The lowest BCUT2D eigenvalue weighted by atomic mass is 9.47. The van der Waals surface area contributed by atoms with Gasteiger partial charge >= 0.3 is 0 Å². The third-order valence-corrected chi connectivity index (χ3v) is 8.12. The Balaban J connectivity index is 1.55. The van der Waals surface area contributed by atoms with Crippen molar-refractivity contribution in [1.82, 2.24) is 4.90 Å². The first-order valence-corrected chi connectivity index (χ1v) is 10.2. The highest BCUT2D eigenvalue weighted by Gasteiger charge is 2.72. The summed E-state index contributed by atoms with van der Waals surface area (Å²) in [6.45, 7) is 2.14. The van der Waals surface area contributed by atoms with Gasteiger partial charge in [0.15, 0.2) is 11.5 Å². The Morgan fingerprint density at radius 1 is 1.19 bits per heavy atom. The summed E-state index contributed by atoms with van der Waals surface area (Å²) in [6, 6.07) is 3.88. The summed E-state index contributed by atoms with van der Waals surface area (Å²) in [4.78, 5) is 2.53. The number of hydrogen-bond acceptors (Lipinski definition) is 5. The summed E-state index contributed by atoms with van der Waals surface area (Å²) in [5, 5.41) is 32.6. The van der Waals surface area contributed by atoms with Crippen molar-refractivity contribution in [3.05, 3.63) is 23.3 Å². The zero-order chi connectivity index (χ0) is 17.7. The van der Waals surface area contributed by atoms with Gasteiger partial charge in [-0.3, -0.25) is 4.90 Å². The average Bonchev–Trinajstić information content (AvgIpc) is 3.37. The Morgan fingerprint density at radius 3 is 2.81 bits per heavy atom. The summed E-state index contributed by atoms with van der Waals surface area (Å²) in [5.41, 5.74) is 0.951. The van der Waals surface area contributed by atoms with E-state index in [1.54, 1.807) is 6.07 Å². The van der Waals surface area contributed by atoms with Gasteiger partial charge in [0.05, 0.1) is 11.0 Å². The Hall–Kier alpha value is -1.30. The number of aliphatic hydroxyl groups excluding tert-OH is 1. The quantitative estimate of drug-likeness (QED) is 0.766. The largest absolute Gasteiger partial charge is 0.504 e. The minimum Gasteiger partial charge on any atom is -0.504 e. The van der Waals surface area contributed by atoms with Crippen molar-refractivity contribution in [2.45, 2.75) is 61.7 Å². The predicted octanol–water partition coefficient (Wildman–Crippen LogP) is 1.56. The van der Waals surface area contributed by atoms with Crippen LogP contribution in [0.15, 0.2) is 12.1 Å². The molecule has 2 heterocycles. The van der Waals surface area contributed by atoms with Gasteiger partial charge in [-0.15, -0.1) is 0 Å². The number of phenolic OH excluding ortho intramolecular Hbond substituents is 1. The molecule has 26 heavy (non-hydrogen) atoms. The molecule has 5 atom stereocenters. The molecule has 3 N–H and O–H groups in total. The van der Waals surface area contributed by atoms with E-state index in [1.807, 2.05) is 6.07 Å². The maximum atomic E-state index is 12.1. The second kappa shape index (κ2) is 4.94. The van der Waals surface area contributed by atoms with Crippen LogP contribution in [0.2, 0.25) is 0 Å². The fraction of sp³-hybridized carbons (Fsp3) is 0.714. The molecular weight excluding hydrogens is 330 g/mol. The van der Waals surface area contributed by atoms with Crippen LogP contribution < -0.4 is 4.74 Å². The van der Waals surface area contributed by atoms with Crippen LogP contribution in [0.5, 0.6) is 11.5 Å². The second-order valence-electron chi connectivity index (χ2n) is 9.27. The van der Waals surface area contributed by atoms with E-state index < -0.39 is 11.0 Å². The molecule has 5 heteroatoms. The van der Waals surface area contributed by atoms with Gasteiger partial charge in [0.25, 0.3) is 0 Å². The number of aromatic hydroxyl groups is 1.